The second-order valence-corrected chi connectivity index (χ2v) is 5.27. The van der Waals surface area contributed by atoms with Gasteiger partial charge >= 0.3 is 0 Å². The van der Waals surface area contributed by atoms with Crippen LogP contribution in [-0.4, -0.2) is 38.1 Å². The van der Waals surface area contributed by atoms with Gasteiger partial charge in [-0.1, -0.05) is 11.8 Å². The van der Waals surface area contributed by atoms with Crippen molar-refractivity contribution in [3.8, 4) is 11.8 Å². The van der Waals surface area contributed by atoms with Crippen molar-refractivity contribution in [3.05, 3.63) is 0 Å². The monoisotopic (exact) mass is 194 g/mol. The number of likely N-dealkylation sites (tertiary alicyclic amines) is 1. The summed E-state index contributed by atoms with van der Waals surface area (Å²) in [6.07, 6.45) is 0. The number of hydrogen-bond donors (Lipinski definition) is 1. The van der Waals surface area contributed by atoms with Crippen LogP contribution >= 0.6 is 0 Å². The summed E-state index contributed by atoms with van der Waals surface area (Å²) >= 11 is 0. The lowest BCUT2D eigenvalue weighted by Crippen LogP contribution is -2.48. The standard InChI is InChI=1S/C12H22N2/c1-12(2,3)6-5-7-13-8-11-9-14(4)10-11/h11,13H,7-10H2,1-4H3. The first-order valence-corrected chi connectivity index (χ1v) is 5.37. The van der Waals surface area contributed by atoms with Gasteiger partial charge in [-0.2, -0.15) is 0 Å². The van der Waals surface area contributed by atoms with Crippen LogP contribution in [0, 0.1) is 23.2 Å². The summed E-state index contributed by atoms with van der Waals surface area (Å²) in [4.78, 5) is 2.34. The van der Waals surface area contributed by atoms with E-state index >= 15 is 0 Å². The third kappa shape index (κ3) is 4.64. The molecule has 1 aliphatic rings. The SMILES string of the molecule is CN1CC(CNCC#CC(C)(C)C)C1. The van der Waals surface area contributed by atoms with Gasteiger partial charge in [-0.25, -0.2) is 0 Å². The van der Waals surface area contributed by atoms with Gasteiger partial charge in [0.05, 0.1) is 6.54 Å². The van der Waals surface area contributed by atoms with Crippen LogP contribution in [0.5, 0.6) is 0 Å². The predicted molar refractivity (Wildman–Crippen MR) is 61.1 cm³/mol. The van der Waals surface area contributed by atoms with Crippen LogP contribution in [0.1, 0.15) is 20.8 Å². The minimum absolute atomic E-state index is 0.137. The maximum absolute atomic E-state index is 3.38. The zero-order chi connectivity index (χ0) is 10.6. The lowest BCUT2D eigenvalue weighted by atomic mass is 9.98. The summed E-state index contributed by atoms with van der Waals surface area (Å²) in [5, 5.41) is 3.38. The molecule has 0 unspecified atom stereocenters. The molecule has 1 heterocycles. The van der Waals surface area contributed by atoms with Crippen LogP contribution in [0.3, 0.4) is 0 Å². The molecule has 1 aliphatic heterocycles. The lowest BCUT2D eigenvalue weighted by Gasteiger charge is -2.36. The van der Waals surface area contributed by atoms with E-state index in [1.54, 1.807) is 0 Å². The van der Waals surface area contributed by atoms with Crippen molar-refractivity contribution in [1.82, 2.24) is 10.2 Å². The molecule has 0 radical (unpaired) electrons. The van der Waals surface area contributed by atoms with Crippen molar-refractivity contribution in [1.29, 1.82) is 0 Å². The van der Waals surface area contributed by atoms with E-state index in [0.717, 1.165) is 19.0 Å². The molecular formula is C12H22N2. The quantitative estimate of drug-likeness (QED) is 0.536. The third-order valence-corrected chi connectivity index (χ3v) is 2.25. The van der Waals surface area contributed by atoms with E-state index < -0.39 is 0 Å². The van der Waals surface area contributed by atoms with Crippen molar-refractivity contribution in [2.75, 3.05) is 33.2 Å². The molecule has 80 valence electrons. The first-order chi connectivity index (χ1) is 6.47. The van der Waals surface area contributed by atoms with E-state index in [0.29, 0.717) is 0 Å². The van der Waals surface area contributed by atoms with E-state index in [4.69, 9.17) is 0 Å². The topological polar surface area (TPSA) is 15.3 Å². The second-order valence-electron chi connectivity index (χ2n) is 5.27. The zero-order valence-corrected chi connectivity index (χ0v) is 9.85. The molecular weight excluding hydrogens is 172 g/mol. The largest absolute Gasteiger partial charge is 0.306 e. The van der Waals surface area contributed by atoms with Gasteiger partial charge in [-0.05, 0) is 33.7 Å². The first-order valence-electron chi connectivity index (χ1n) is 5.37. The zero-order valence-electron chi connectivity index (χ0n) is 9.85. The number of rotatable bonds is 3. The molecule has 0 aromatic rings. The Balaban J connectivity index is 2.01. The Morgan fingerprint density at radius 3 is 2.50 bits per heavy atom. The van der Waals surface area contributed by atoms with Crippen LogP contribution in [0.15, 0.2) is 0 Å². The maximum Gasteiger partial charge on any atom is 0.0576 e. The van der Waals surface area contributed by atoms with Crippen LogP contribution in [-0.2, 0) is 0 Å². The molecule has 1 rings (SSSR count). The molecule has 0 aliphatic carbocycles. The Bertz CT molecular complexity index is 223. The fourth-order valence-corrected chi connectivity index (χ4v) is 1.61. The lowest BCUT2D eigenvalue weighted by molar-refractivity contribution is 0.134. The Hall–Kier alpha value is -0.520. The first kappa shape index (κ1) is 11.6. The minimum atomic E-state index is 0.137. The van der Waals surface area contributed by atoms with Crippen molar-refractivity contribution >= 4 is 0 Å². The Morgan fingerprint density at radius 2 is 2.00 bits per heavy atom. The van der Waals surface area contributed by atoms with Gasteiger partial charge < -0.3 is 10.2 Å². The van der Waals surface area contributed by atoms with Crippen molar-refractivity contribution in [2.45, 2.75) is 20.8 Å². The van der Waals surface area contributed by atoms with E-state index in [-0.39, 0.29) is 5.41 Å². The van der Waals surface area contributed by atoms with Gasteiger partial charge in [0.15, 0.2) is 0 Å². The summed E-state index contributed by atoms with van der Waals surface area (Å²) < 4.78 is 0. The van der Waals surface area contributed by atoms with Gasteiger partial charge in [0.25, 0.3) is 0 Å². The maximum atomic E-state index is 3.38. The predicted octanol–water partition coefficient (Wildman–Crippen LogP) is 1.19. The highest BCUT2D eigenvalue weighted by molar-refractivity contribution is 5.08. The Morgan fingerprint density at radius 1 is 1.36 bits per heavy atom. The molecule has 14 heavy (non-hydrogen) atoms. The highest BCUT2D eigenvalue weighted by atomic mass is 15.2. The molecule has 0 spiro atoms. The van der Waals surface area contributed by atoms with Crippen molar-refractivity contribution in [2.24, 2.45) is 11.3 Å². The smallest absolute Gasteiger partial charge is 0.0576 e. The van der Waals surface area contributed by atoms with Gasteiger partial charge in [0, 0.05) is 25.0 Å². The highest BCUT2D eigenvalue weighted by Crippen LogP contribution is 2.11. The number of nitrogens with one attached hydrogen (secondary N) is 1. The number of nitrogens with zero attached hydrogens (tertiary/aromatic N) is 1. The van der Waals surface area contributed by atoms with Gasteiger partial charge in [-0.3, -0.25) is 0 Å². The molecule has 2 heteroatoms. The fraction of sp³-hybridized carbons (Fsp3) is 0.833. The molecule has 2 nitrogen and oxygen atoms in total. The fourth-order valence-electron chi connectivity index (χ4n) is 1.61. The normalized spacial score (nSPS) is 18.6. The Labute approximate surface area is 88.1 Å². The van der Waals surface area contributed by atoms with Gasteiger partial charge in [0.1, 0.15) is 0 Å². The molecule has 1 N–H and O–H groups in total. The summed E-state index contributed by atoms with van der Waals surface area (Å²) in [5.41, 5.74) is 0.137. The van der Waals surface area contributed by atoms with Crippen molar-refractivity contribution in [3.63, 3.8) is 0 Å². The molecule has 1 fully saturated rings. The van der Waals surface area contributed by atoms with Crippen LogP contribution in [0.2, 0.25) is 0 Å². The van der Waals surface area contributed by atoms with Gasteiger partial charge in [0.2, 0.25) is 0 Å². The van der Waals surface area contributed by atoms with Crippen LogP contribution in [0.25, 0.3) is 0 Å². The van der Waals surface area contributed by atoms with Crippen LogP contribution < -0.4 is 5.32 Å². The number of hydrogen-bond acceptors (Lipinski definition) is 2. The van der Waals surface area contributed by atoms with E-state index in [9.17, 15) is 0 Å². The molecule has 0 saturated carbocycles. The summed E-state index contributed by atoms with van der Waals surface area (Å²) in [5.74, 6) is 7.23. The van der Waals surface area contributed by atoms with Crippen LogP contribution in [0.4, 0.5) is 0 Å². The van der Waals surface area contributed by atoms with Gasteiger partial charge in [-0.15, -0.1) is 0 Å². The average Bonchev–Trinajstić information content (AvgIpc) is 1.98. The molecule has 0 amide bonds. The minimum Gasteiger partial charge on any atom is -0.306 e. The highest BCUT2D eigenvalue weighted by Gasteiger charge is 2.21. The molecule has 0 aromatic carbocycles. The Kier molecular flexibility index (Phi) is 3.97. The summed E-state index contributed by atoms with van der Waals surface area (Å²) in [6.45, 7) is 10.8. The van der Waals surface area contributed by atoms with E-state index in [1.165, 1.54) is 13.1 Å². The molecule has 0 bridgehead atoms. The van der Waals surface area contributed by atoms with Crippen molar-refractivity contribution < 1.29 is 0 Å². The van der Waals surface area contributed by atoms with E-state index in [2.05, 4.69) is 49.9 Å². The summed E-state index contributed by atoms with van der Waals surface area (Å²) in [7, 11) is 2.16. The molecule has 1 saturated heterocycles. The second kappa shape index (κ2) is 4.82. The average molecular weight is 194 g/mol. The molecule has 0 atom stereocenters. The molecule has 0 aromatic heterocycles. The van der Waals surface area contributed by atoms with E-state index in [1.807, 2.05) is 0 Å². The summed E-state index contributed by atoms with van der Waals surface area (Å²) in [6, 6.07) is 0. The third-order valence-electron chi connectivity index (χ3n) is 2.25.